The molecular weight excluding hydrogens is 1330 g/mol. The van der Waals surface area contributed by atoms with Gasteiger partial charge in [0.15, 0.2) is 0 Å². The molecule has 5 aromatic heterocycles. The summed E-state index contributed by atoms with van der Waals surface area (Å²) in [4.78, 5) is 4.64. The van der Waals surface area contributed by atoms with Gasteiger partial charge in [-0.2, -0.15) is 0 Å². The van der Waals surface area contributed by atoms with Gasteiger partial charge in [-0.15, -0.1) is 0 Å². The molecule has 0 fully saturated rings. The first-order valence-electron chi connectivity index (χ1n) is 36.9. The molecule has 17 aromatic carbocycles. The number of hydrogen-bond donors (Lipinski definition) is 0. The summed E-state index contributed by atoms with van der Waals surface area (Å²) in [5.74, 6) is 0. The normalized spacial score (nSPS) is 11.9. The Morgan fingerprint density at radius 2 is 0.376 bits per heavy atom. The summed E-state index contributed by atoms with van der Waals surface area (Å²) in [5, 5.41) is 10.9. The average molecular weight is 1400 g/mol. The maximum atomic E-state index is 7.00. The van der Waals surface area contributed by atoms with Gasteiger partial charge in [-0.25, -0.2) is 0 Å². The first-order valence-corrected chi connectivity index (χ1v) is 36.9. The highest BCUT2D eigenvalue weighted by molar-refractivity contribution is 6.15. The molecule has 0 atom stereocenters. The zero-order chi connectivity index (χ0) is 71.6. The lowest BCUT2D eigenvalue weighted by Crippen LogP contribution is -2.09. The predicted octanol–water partition coefficient (Wildman–Crippen LogP) is 29.8. The van der Waals surface area contributed by atoms with E-state index in [2.05, 4.69) is 350 Å². The summed E-state index contributed by atoms with van der Waals surface area (Å²) in [7, 11) is 0. The van der Waals surface area contributed by atoms with Gasteiger partial charge in [0.25, 0.3) is 0 Å². The summed E-state index contributed by atoms with van der Waals surface area (Å²) in [6.07, 6.45) is 0. The van der Waals surface area contributed by atoms with Crippen LogP contribution in [0.25, 0.3) is 188 Å². The fraction of sp³-hybridized carbons (Fsp3) is 0. The number of furan rings is 5. The Bertz CT molecular complexity index is 7150. The molecule has 0 aliphatic rings. The van der Waals surface area contributed by atoms with Gasteiger partial charge in [0.05, 0.1) is 0 Å². The predicted molar refractivity (Wildman–Crippen MR) is 450 cm³/mol. The highest BCUT2D eigenvalue weighted by Crippen LogP contribution is 2.47. The number of nitrogens with zero attached hydrogens (tertiary/aromatic N) is 2. The Kier molecular flexibility index (Phi) is 14.2. The van der Waals surface area contributed by atoms with Crippen molar-refractivity contribution in [2.75, 3.05) is 9.80 Å². The van der Waals surface area contributed by atoms with Crippen molar-refractivity contribution in [3.05, 3.63) is 376 Å². The lowest BCUT2D eigenvalue weighted by Gasteiger charge is -2.26. The monoisotopic (exact) mass is 1390 g/mol. The molecule has 0 spiro atoms. The van der Waals surface area contributed by atoms with Crippen molar-refractivity contribution in [1.82, 2.24) is 0 Å². The van der Waals surface area contributed by atoms with Gasteiger partial charge in [-0.3, -0.25) is 0 Å². The average Bonchev–Trinajstić information content (AvgIpc) is 1.63. The van der Waals surface area contributed by atoms with E-state index in [1.165, 1.54) is 5.56 Å². The van der Waals surface area contributed by atoms with Gasteiger partial charge in [0.1, 0.15) is 55.8 Å². The summed E-state index contributed by atoms with van der Waals surface area (Å²) in [5.41, 5.74) is 29.8. The minimum Gasteiger partial charge on any atom is -0.455 e. The van der Waals surface area contributed by atoms with Crippen LogP contribution in [0.4, 0.5) is 34.1 Å². The molecule has 0 aliphatic carbocycles. The van der Waals surface area contributed by atoms with Crippen molar-refractivity contribution in [2.45, 2.75) is 0 Å². The first-order chi connectivity index (χ1) is 54.0. The zero-order valence-corrected chi connectivity index (χ0v) is 58.7. The molecule has 22 aromatic rings. The van der Waals surface area contributed by atoms with Gasteiger partial charge in [-0.1, -0.05) is 261 Å². The Morgan fingerprint density at radius 3 is 0.725 bits per heavy atom. The van der Waals surface area contributed by atoms with Crippen LogP contribution in [0.1, 0.15) is 0 Å². The van der Waals surface area contributed by atoms with E-state index in [1.807, 2.05) is 36.4 Å². The summed E-state index contributed by atoms with van der Waals surface area (Å²) < 4.78 is 33.4. The van der Waals surface area contributed by atoms with Gasteiger partial charge in [-0.05, 0) is 165 Å². The molecule has 5 heterocycles. The molecule has 510 valence electrons. The Morgan fingerprint density at radius 1 is 0.138 bits per heavy atom. The van der Waals surface area contributed by atoms with Crippen LogP contribution in [-0.2, 0) is 0 Å². The van der Waals surface area contributed by atoms with Gasteiger partial charge < -0.3 is 31.9 Å². The van der Waals surface area contributed by atoms with E-state index in [0.717, 1.165) is 216 Å². The van der Waals surface area contributed by atoms with Crippen LogP contribution in [0.2, 0.25) is 0 Å². The minimum atomic E-state index is 0.821. The number of para-hydroxylation sites is 8. The van der Waals surface area contributed by atoms with Crippen LogP contribution in [0, 0.1) is 0 Å². The number of rotatable bonds is 13. The molecule has 0 N–H and O–H groups in total. The summed E-state index contributed by atoms with van der Waals surface area (Å²) >= 11 is 0. The van der Waals surface area contributed by atoms with E-state index >= 15 is 0 Å². The van der Waals surface area contributed by atoms with E-state index in [-0.39, 0.29) is 0 Å². The Hall–Kier alpha value is -14.7. The Balaban J connectivity index is 0.567. The molecule has 109 heavy (non-hydrogen) atoms. The van der Waals surface area contributed by atoms with Crippen LogP contribution >= 0.6 is 0 Å². The third-order valence-corrected chi connectivity index (χ3v) is 22.0. The second-order valence-electron chi connectivity index (χ2n) is 28.2. The van der Waals surface area contributed by atoms with Crippen LogP contribution in [-0.4, -0.2) is 0 Å². The fourth-order valence-electron chi connectivity index (χ4n) is 16.6. The van der Waals surface area contributed by atoms with Gasteiger partial charge in [0.2, 0.25) is 0 Å². The second kappa shape index (κ2) is 25.0. The van der Waals surface area contributed by atoms with Gasteiger partial charge in [0, 0.05) is 116 Å². The zero-order valence-electron chi connectivity index (χ0n) is 58.7. The number of anilines is 6. The molecular formula is C102H62N2O5. The fourth-order valence-corrected chi connectivity index (χ4v) is 16.6. The van der Waals surface area contributed by atoms with E-state index in [1.54, 1.807) is 0 Å². The van der Waals surface area contributed by atoms with Crippen LogP contribution in [0.3, 0.4) is 0 Å². The second-order valence-corrected chi connectivity index (χ2v) is 28.2. The largest absolute Gasteiger partial charge is 0.455 e. The molecule has 0 radical (unpaired) electrons. The number of fused-ring (bicyclic) bond motifs is 15. The molecule has 7 heteroatoms. The summed E-state index contributed by atoms with van der Waals surface area (Å²) in [6.45, 7) is 0. The quantitative estimate of drug-likeness (QED) is 0.114. The Labute approximate surface area is 625 Å². The van der Waals surface area contributed by atoms with E-state index in [0.29, 0.717) is 0 Å². The minimum absolute atomic E-state index is 0.821. The van der Waals surface area contributed by atoms with Crippen molar-refractivity contribution in [2.24, 2.45) is 0 Å². The molecule has 0 unspecified atom stereocenters. The van der Waals surface area contributed by atoms with Crippen molar-refractivity contribution < 1.29 is 22.1 Å². The molecule has 0 saturated heterocycles. The number of benzene rings is 17. The first kappa shape index (κ1) is 61.8. The maximum Gasteiger partial charge on any atom is 0.143 e. The van der Waals surface area contributed by atoms with Crippen LogP contribution in [0.5, 0.6) is 0 Å². The van der Waals surface area contributed by atoms with Crippen molar-refractivity contribution in [1.29, 1.82) is 0 Å². The van der Waals surface area contributed by atoms with E-state index in [9.17, 15) is 0 Å². The highest BCUT2D eigenvalue weighted by Gasteiger charge is 2.23. The molecule has 0 amide bonds. The van der Waals surface area contributed by atoms with Gasteiger partial charge >= 0.3 is 0 Å². The SMILES string of the molecule is c1ccc(-c2ccc(N(c3ccc(-c4cccc5c4oc4ccccc45)cc3)c3ccc(-c4cccc5c4oc4ccc(-c6ccc7c(c6)oc6c(-c8ccc(N(c9ccc(-c%10cccc%11c%10oc%10ccccc%10%11)cc9)c9ccc(-c%10cccc%11c%10oc%10ccccc%10%11)cc9)cc8)cccc67)cc45)cc3)cc2)cc1. The van der Waals surface area contributed by atoms with Crippen LogP contribution in [0.15, 0.2) is 398 Å². The molecule has 7 nitrogen and oxygen atoms in total. The van der Waals surface area contributed by atoms with Crippen molar-refractivity contribution >= 4 is 144 Å². The summed E-state index contributed by atoms with van der Waals surface area (Å²) in [6, 6.07) is 133. The topological polar surface area (TPSA) is 72.2 Å². The lowest BCUT2D eigenvalue weighted by molar-refractivity contribution is 0.669. The van der Waals surface area contributed by atoms with E-state index < -0.39 is 0 Å². The van der Waals surface area contributed by atoms with Crippen molar-refractivity contribution in [3.63, 3.8) is 0 Å². The smallest absolute Gasteiger partial charge is 0.143 e. The molecule has 22 rings (SSSR count). The number of hydrogen-bond acceptors (Lipinski definition) is 7. The van der Waals surface area contributed by atoms with E-state index in [4.69, 9.17) is 22.1 Å². The third-order valence-electron chi connectivity index (χ3n) is 22.0. The highest BCUT2D eigenvalue weighted by atomic mass is 16.3. The lowest BCUT2D eigenvalue weighted by atomic mass is 9.98. The standard InChI is InChI=1S/C102H62N2O5/c1-2-15-63(16-3-1)64-33-47-72(48-34-64)103(73-49-35-65(36-50-73)78-20-10-25-87-83-17-4-7-30-93(83)105-98(78)87)74-57-43-69(44-58-74)82-24-14-29-91-92-61-70(46-60-96(92)108-102(82)91)71-45-59-86-90-28-13-23-81(101(90)109-97(86)62-71)68-41-55-77(56-42-68)104(75-51-37-66(38-52-75)79-21-11-26-88-84-18-5-8-31-94(84)106-99(79)88)76-53-39-67(40-54-76)80-22-12-27-89-85-19-6-9-32-95(85)107-100(80)89/h1-62H. The maximum absolute atomic E-state index is 7.00. The molecule has 0 saturated carbocycles. The third kappa shape index (κ3) is 10.3. The molecule has 0 aliphatic heterocycles. The van der Waals surface area contributed by atoms with Crippen LogP contribution < -0.4 is 9.80 Å². The molecule has 0 bridgehead atoms. The van der Waals surface area contributed by atoms with Crippen molar-refractivity contribution in [3.8, 4) is 77.9 Å².